The third-order valence-electron chi connectivity index (χ3n) is 2.88. The maximum atomic E-state index is 12.0. The first-order chi connectivity index (χ1) is 7.87. The van der Waals surface area contributed by atoms with E-state index in [1.54, 1.807) is 6.92 Å². The van der Waals surface area contributed by atoms with Crippen molar-refractivity contribution >= 4 is 28.4 Å². The minimum Gasteiger partial charge on any atom is -0.478 e. The van der Waals surface area contributed by atoms with Crippen LogP contribution in [-0.4, -0.2) is 33.9 Å². The van der Waals surface area contributed by atoms with Gasteiger partial charge in [-0.25, -0.2) is 4.79 Å². The van der Waals surface area contributed by atoms with Crippen molar-refractivity contribution in [1.29, 1.82) is 0 Å². The van der Waals surface area contributed by atoms with E-state index in [4.69, 9.17) is 10.8 Å². The minimum absolute atomic E-state index is 0.0788. The molecule has 1 aromatic rings. The Balaban J connectivity index is 2.34. The zero-order valence-corrected chi connectivity index (χ0v) is 10.4. The third-order valence-corrected chi connectivity index (χ3v) is 3.90. The Morgan fingerprint density at radius 2 is 2.12 bits per heavy atom. The lowest BCUT2D eigenvalue weighted by Gasteiger charge is -2.19. The lowest BCUT2D eigenvalue weighted by molar-refractivity contribution is -0.120. The maximum Gasteiger partial charge on any atom is 0.340 e. The van der Waals surface area contributed by atoms with Crippen LogP contribution >= 0.6 is 11.5 Å². The van der Waals surface area contributed by atoms with E-state index in [9.17, 15) is 9.59 Å². The molecule has 1 heterocycles. The first kappa shape index (κ1) is 12.0. The van der Waals surface area contributed by atoms with E-state index in [0.29, 0.717) is 23.5 Å². The number of carbonyl (C=O) groups excluding carboxylic acids is 1. The van der Waals surface area contributed by atoms with E-state index in [1.807, 2.05) is 0 Å². The van der Waals surface area contributed by atoms with Crippen LogP contribution in [0.3, 0.4) is 0 Å². The van der Waals surface area contributed by atoms with Crippen molar-refractivity contribution < 1.29 is 14.7 Å². The number of anilines is 1. The monoisotopic (exact) mass is 255 g/mol. The molecule has 0 bridgehead atoms. The average Bonchev–Trinajstić information content (AvgIpc) is 2.88. The molecule has 3 N–H and O–H groups in total. The van der Waals surface area contributed by atoms with Crippen LogP contribution in [0.5, 0.6) is 0 Å². The van der Waals surface area contributed by atoms with Gasteiger partial charge < -0.3 is 15.7 Å². The molecule has 1 amide bonds. The molecule has 1 saturated carbocycles. The fraction of sp³-hybridized carbons (Fsp3) is 0.500. The first-order valence-electron chi connectivity index (χ1n) is 5.13. The number of amides is 1. The zero-order chi connectivity index (χ0) is 12.8. The summed E-state index contributed by atoms with van der Waals surface area (Å²) in [6.45, 7) is 1.61. The van der Waals surface area contributed by atoms with Crippen molar-refractivity contribution in [2.75, 3.05) is 11.9 Å². The number of carbonyl (C=O) groups is 2. The van der Waals surface area contributed by atoms with Crippen molar-refractivity contribution in [2.45, 2.75) is 25.3 Å². The van der Waals surface area contributed by atoms with Gasteiger partial charge in [-0.3, -0.25) is 4.79 Å². The molecule has 2 rings (SSSR count). The van der Waals surface area contributed by atoms with Gasteiger partial charge in [-0.05, 0) is 31.3 Å². The van der Waals surface area contributed by atoms with Crippen LogP contribution in [0, 0.1) is 6.92 Å². The SMILES string of the molecule is Cc1nsc(N(C)C(=O)C2(N)CC2)c1C(=O)O. The fourth-order valence-corrected chi connectivity index (χ4v) is 2.45. The summed E-state index contributed by atoms with van der Waals surface area (Å²) in [7, 11) is 1.54. The summed E-state index contributed by atoms with van der Waals surface area (Å²) < 4.78 is 3.97. The number of likely N-dealkylation sites (N-methyl/N-ethyl adjacent to an activating group) is 1. The van der Waals surface area contributed by atoms with Gasteiger partial charge in [0.05, 0.1) is 11.2 Å². The molecule has 7 heteroatoms. The summed E-state index contributed by atoms with van der Waals surface area (Å²) in [4.78, 5) is 24.4. The molecule has 6 nitrogen and oxygen atoms in total. The molecule has 1 aliphatic rings. The number of aromatic carboxylic acids is 1. The highest BCUT2D eigenvalue weighted by atomic mass is 32.1. The Labute approximate surface area is 102 Å². The Morgan fingerprint density at radius 1 is 1.53 bits per heavy atom. The van der Waals surface area contributed by atoms with Crippen LogP contribution < -0.4 is 10.6 Å². The summed E-state index contributed by atoms with van der Waals surface area (Å²) in [6.07, 6.45) is 1.30. The number of carboxylic acid groups (broad SMARTS) is 1. The second-order valence-corrected chi connectivity index (χ2v) is 5.03. The fourth-order valence-electron chi connectivity index (χ4n) is 1.61. The third kappa shape index (κ3) is 1.91. The highest BCUT2D eigenvalue weighted by Gasteiger charge is 2.48. The number of nitrogens with two attached hydrogens (primary N) is 1. The van der Waals surface area contributed by atoms with Gasteiger partial charge in [-0.1, -0.05) is 0 Å². The zero-order valence-electron chi connectivity index (χ0n) is 9.56. The summed E-state index contributed by atoms with van der Waals surface area (Å²) in [6, 6.07) is 0. The Morgan fingerprint density at radius 3 is 2.59 bits per heavy atom. The molecular weight excluding hydrogens is 242 g/mol. The molecule has 1 aromatic heterocycles. The van der Waals surface area contributed by atoms with E-state index < -0.39 is 11.5 Å². The highest BCUT2D eigenvalue weighted by molar-refractivity contribution is 7.11. The quantitative estimate of drug-likeness (QED) is 0.824. The van der Waals surface area contributed by atoms with E-state index in [-0.39, 0.29) is 11.5 Å². The molecule has 92 valence electrons. The molecule has 0 spiro atoms. The topological polar surface area (TPSA) is 96.5 Å². The highest BCUT2D eigenvalue weighted by Crippen LogP contribution is 2.37. The molecule has 0 unspecified atom stereocenters. The van der Waals surface area contributed by atoms with E-state index in [0.717, 1.165) is 11.5 Å². The molecule has 1 fully saturated rings. The van der Waals surface area contributed by atoms with Crippen molar-refractivity contribution in [1.82, 2.24) is 4.37 Å². The average molecular weight is 255 g/mol. The van der Waals surface area contributed by atoms with Crippen LogP contribution in [0.2, 0.25) is 0 Å². The second-order valence-electron chi connectivity index (χ2n) is 4.27. The molecule has 0 saturated heterocycles. The van der Waals surface area contributed by atoms with Crippen molar-refractivity contribution in [2.24, 2.45) is 5.73 Å². The molecule has 17 heavy (non-hydrogen) atoms. The van der Waals surface area contributed by atoms with Crippen molar-refractivity contribution in [3.8, 4) is 0 Å². The van der Waals surface area contributed by atoms with Gasteiger partial charge in [0.25, 0.3) is 0 Å². The van der Waals surface area contributed by atoms with E-state index in [1.165, 1.54) is 11.9 Å². The lowest BCUT2D eigenvalue weighted by Crippen LogP contribution is -2.44. The van der Waals surface area contributed by atoms with E-state index in [2.05, 4.69) is 4.37 Å². The summed E-state index contributed by atoms with van der Waals surface area (Å²) in [5.74, 6) is -1.32. The normalized spacial score (nSPS) is 16.6. The molecule has 1 aliphatic carbocycles. The van der Waals surface area contributed by atoms with Crippen LogP contribution in [0.25, 0.3) is 0 Å². The van der Waals surface area contributed by atoms with Crippen LogP contribution in [0.4, 0.5) is 5.00 Å². The number of carboxylic acids is 1. The summed E-state index contributed by atoms with van der Waals surface area (Å²) in [5.41, 5.74) is 5.50. The minimum atomic E-state index is -1.08. The number of hydrogen-bond donors (Lipinski definition) is 2. The second kappa shape index (κ2) is 3.78. The van der Waals surface area contributed by atoms with Gasteiger partial charge in [-0.15, -0.1) is 0 Å². The summed E-state index contributed by atoms with van der Waals surface area (Å²) >= 11 is 1.00. The van der Waals surface area contributed by atoms with Gasteiger partial charge in [-0.2, -0.15) is 4.37 Å². The van der Waals surface area contributed by atoms with Crippen LogP contribution in [0.1, 0.15) is 28.9 Å². The predicted molar refractivity (Wildman–Crippen MR) is 63.4 cm³/mol. The van der Waals surface area contributed by atoms with Crippen molar-refractivity contribution in [3.63, 3.8) is 0 Å². The Bertz CT molecular complexity index is 493. The van der Waals surface area contributed by atoms with Gasteiger partial charge >= 0.3 is 5.97 Å². The number of hydrogen-bond acceptors (Lipinski definition) is 5. The summed E-state index contributed by atoms with van der Waals surface area (Å²) in [5, 5.41) is 9.43. The van der Waals surface area contributed by atoms with E-state index >= 15 is 0 Å². The smallest absolute Gasteiger partial charge is 0.340 e. The van der Waals surface area contributed by atoms with Crippen molar-refractivity contribution in [3.05, 3.63) is 11.3 Å². The molecular formula is C10H13N3O3S. The number of nitrogens with zero attached hydrogens (tertiary/aromatic N) is 2. The Hall–Kier alpha value is -1.47. The number of rotatable bonds is 3. The van der Waals surface area contributed by atoms with Crippen LogP contribution in [-0.2, 0) is 4.79 Å². The first-order valence-corrected chi connectivity index (χ1v) is 5.91. The number of aromatic nitrogens is 1. The lowest BCUT2D eigenvalue weighted by atomic mass is 10.2. The molecule has 0 radical (unpaired) electrons. The number of aryl methyl sites for hydroxylation is 1. The Kier molecular flexibility index (Phi) is 2.67. The molecule has 0 aliphatic heterocycles. The molecule has 0 aromatic carbocycles. The standard InChI is InChI=1S/C10H13N3O3S/c1-5-6(8(14)15)7(17-12-5)13(2)9(16)10(11)3-4-10/h3-4,11H2,1-2H3,(H,14,15). The molecule has 0 atom stereocenters. The largest absolute Gasteiger partial charge is 0.478 e. The van der Waals surface area contributed by atoms with Gasteiger partial charge in [0.1, 0.15) is 10.6 Å². The van der Waals surface area contributed by atoms with Crippen LogP contribution in [0.15, 0.2) is 0 Å². The van der Waals surface area contributed by atoms with Gasteiger partial charge in [0.15, 0.2) is 0 Å². The van der Waals surface area contributed by atoms with Gasteiger partial charge in [0, 0.05) is 7.05 Å². The maximum absolute atomic E-state index is 12.0. The van der Waals surface area contributed by atoms with Gasteiger partial charge in [0.2, 0.25) is 5.91 Å². The predicted octanol–water partition coefficient (Wildman–Crippen LogP) is 0.604.